The van der Waals surface area contributed by atoms with Gasteiger partial charge in [-0.1, -0.05) is 59.9 Å². The van der Waals surface area contributed by atoms with Crippen LogP contribution in [-0.2, 0) is 0 Å². The molecule has 0 atom stereocenters. The number of hydrogen-bond donors (Lipinski definition) is 1. The molecular formula is C18H13NS2. The molecule has 0 saturated carbocycles. The number of rotatable bonds is 1. The Morgan fingerprint density at radius 1 is 0.619 bits per heavy atom. The van der Waals surface area contributed by atoms with Crippen LogP contribution in [-0.4, -0.2) is 0 Å². The van der Waals surface area contributed by atoms with Crippen LogP contribution >= 0.6 is 23.5 Å². The fourth-order valence-electron chi connectivity index (χ4n) is 2.44. The van der Waals surface area contributed by atoms with E-state index in [0.717, 1.165) is 5.69 Å². The highest BCUT2D eigenvalue weighted by Crippen LogP contribution is 2.51. The van der Waals surface area contributed by atoms with Crippen LogP contribution in [0.5, 0.6) is 0 Å². The molecule has 1 nitrogen and oxygen atoms in total. The van der Waals surface area contributed by atoms with E-state index in [1.165, 1.54) is 30.7 Å². The van der Waals surface area contributed by atoms with Gasteiger partial charge in [0.1, 0.15) is 0 Å². The van der Waals surface area contributed by atoms with Crippen molar-refractivity contribution in [1.29, 1.82) is 0 Å². The Bertz CT molecular complexity index is 810. The molecule has 0 fully saturated rings. The van der Waals surface area contributed by atoms with Gasteiger partial charge in [-0.25, -0.2) is 0 Å². The summed E-state index contributed by atoms with van der Waals surface area (Å²) >= 11 is 3.71. The maximum absolute atomic E-state index is 5.80. The number of nitrogen functional groups attached to an aromatic ring is 1. The van der Waals surface area contributed by atoms with Crippen LogP contribution in [0, 0.1) is 0 Å². The normalized spacial score (nSPS) is 12.6. The third-order valence-electron chi connectivity index (χ3n) is 3.48. The predicted molar refractivity (Wildman–Crippen MR) is 91.0 cm³/mol. The molecule has 0 aromatic heterocycles. The van der Waals surface area contributed by atoms with E-state index in [0.29, 0.717) is 0 Å². The van der Waals surface area contributed by atoms with Gasteiger partial charge in [-0.2, -0.15) is 0 Å². The van der Waals surface area contributed by atoms with Crippen LogP contribution in [0.1, 0.15) is 0 Å². The van der Waals surface area contributed by atoms with E-state index < -0.39 is 0 Å². The lowest BCUT2D eigenvalue weighted by Gasteiger charge is -2.21. The standard InChI is InChI=1S/C18H13NS2/c19-13-10-8-12(9-11-13)14-4-3-7-17-18(14)21-16-6-2-1-5-15(16)20-17/h1-11H,19H2. The molecule has 0 amide bonds. The smallest absolute Gasteiger partial charge is 0.0340 e. The van der Waals surface area contributed by atoms with Crippen LogP contribution in [0.2, 0.25) is 0 Å². The third-order valence-corrected chi connectivity index (χ3v) is 6.10. The minimum Gasteiger partial charge on any atom is -0.399 e. The van der Waals surface area contributed by atoms with Crippen LogP contribution < -0.4 is 5.73 Å². The summed E-state index contributed by atoms with van der Waals surface area (Å²) in [5.41, 5.74) is 9.09. The summed E-state index contributed by atoms with van der Waals surface area (Å²) in [6, 6.07) is 23.2. The molecule has 2 N–H and O–H groups in total. The highest BCUT2D eigenvalue weighted by Gasteiger charge is 2.19. The summed E-state index contributed by atoms with van der Waals surface area (Å²) in [6.45, 7) is 0. The number of anilines is 1. The third kappa shape index (κ3) is 2.33. The molecule has 1 aliphatic heterocycles. The predicted octanol–water partition coefficient (Wildman–Crippen LogP) is 5.55. The molecule has 3 aromatic rings. The quantitative estimate of drug-likeness (QED) is 0.467. The molecule has 0 saturated heterocycles. The molecule has 1 heterocycles. The monoisotopic (exact) mass is 307 g/mol. The van der Waals surface area contributed by atoms with Crippen molar-refractivity contribution in [2.24, 2.45) is 0 Å². The van der Waals surface area contributed by atoms with E-state index >= 15 is 0 Å². The fraction of sp³-hybridized carbons (Fsp3) is 0. The molecule has 102 valence electrons. The minimum atomic E-state index is 0.802. The van der Waals surface area contributed by atoms with Crippen molar-refractivity contribution in [3.8, 4) is 11.1 Å². The van der Waals surface area contributed by atoms with Crippen molar-refractivity contribution in [3.05, 3.63) is 66.7 Å². The lowest BCUT2D eigenvalue weighted by Crippen LogP contribution is -1.92. The zero-order chi connectivity index (χ0) is 14.2. The van der Waals surface area contributed by atoms with E-state index in [2.05, 4.69) is 54.6 Å². The molecule has 0 radical (unpaired) electrons. The number of benzene rings is 3. The fourth-order valence-corrected chi connectivity index (χ4v) is 4.84. The van der Waals surface area contributed by atoms with Crippen molar-refractivity contribution in [1.82, 2.24) is 0 Å². The maximum Gasteiger partial charge on any atom is 0.0340 e. The Hall–Kier alpha value is -1.84. The van der Waals surface area contributed by atoms with E-state index in [1.807, 2.05) is 35.7 Å². The van der Waals surface area contributed by atoms with Crippen molar-refractivity contribution < 1.29 is 0 Å². The van der Waals surface area contributed by atoms with Crippen molar-refractivity contribution in [2.75, 3.05) is 5.73 Å². The van der Waals surface area contributed by atoms with E-state index in [-0.39, 0.29) is 0 Å². The molecule has 4 rings (SSSR count). The van der Waals surface area contributed by atoms with E-state index in [4.69, 9.17) is 5.73 Å². The summed E-state index contributed by atoms with van der Waals surface area (Å²) in [7, 11) is 0. The van der Waals surface area contributed by atoms with Gasteiger partial charge in [-0.05, 0) is 41.5 Å². The Morgan fingerprint density at radius 3 is 2.05 bits per heavy atom. The van der Waals surface area contributed by atoms with Gasteiger partial charge >= 0.3 is 0 Å². The molecule has 3 heteroatoms. The highest BCUT2D eigenvalue weighted by atomic mass is 32.2. The SMILES string of the molecule is Nc1ccc(-c2cccc3c2Sc2ccccc2S3)cc1. The van der Waals surface area contributed by atoms with Crippen LogP contribution in [0.15, 0.2) is 86.3 Å². The Kier molecular flexibility index (Phi) is 3.17. The molecule has 0 spiro atoms. The molecular weight excluding hydrogens is 294 g/mol. The van der Waals surface area contributed by atoms with Crippen LogP contribution in [0.25, 0.3) is 11.1 Å². The zero-order valence-electron chi connectivity index (χ0n) is 11.2. The molecule has 3 aromatic carbocycles. The van der Waals surface area contributed by atoms with Crippen molar-refractivity contribution in [2.45, 2.75) is 19.6 Å². The second-order valence-corrected chi connectivity index (χ2v) is 7.04. The number of nitrogens with two attached hydrogens (primary N) is 1. The number of hydrogen-bond acceptors (Lipinski definition) is 3. The Morgan fingerprint density at radius 2 is 1.29 bits per heavy atom. The average Bonchev–Trinajstić information content (AvgIpc) is 2.53. The van der Waals surface area contributed by atoms with Gasteiger partial charge in [-0.3, -0.25) is 0 Å². The molecule has 0 bridgehead atoms. The van der Waals surface area contributed by atoms with Crippen molar-refractivity contribution in [3.63, 3.8) is 0 Å². The summed E-state index contributed by atoms with van der Waals surface area (Å²) in [4.78, 5) is 5.33. The van der Waals surface area contributed by atoms with Gasteiger partial charge in [0.2, 0.25) is 0 Å². The van der Waals surface area contributed by atoms with Gasteiger partial charge in [0, 0.05) is 25.3 Å². The van der Waals surface area contributed by atoms with Gasteiger partial charge in [0.05, 0.1) is 0 Å². The molecule has 0 unspecified atom stereocenters. The summed E-state index contributed by atoms with van der Waals surface area (Å²) in [5, 5.41) is 0. The number of fused-ring (bicyclic) bond motifs is 2. The van der Waals surface area contributed by atoms with Crippen LogP contribution in [0.4, 0.5) is 5.69 Å². The second-order valence-electron chi connectivity index (χ2n) is 4.91. The minimum absolute atomic E-state index is 0.802. The van der Waals surface area contributed by atoms with Gasteiger partial charge in [0.25, 0.3) is 0 Å². The first kappa shape index (κ1) is 12.9. The Labute approximate surface area is 132 Å². The summed E-state index contributed by atoms with van der Waals surface area (Å²) in [5.74, 6) is 0. The van der Waals surface area contributed by atoms with Crippen molar-refractivity contribution >= 4 is 29.2 Å². The van der Waals surface area contributed by atoms with Crippen LogP contribution in [0.3, 0.4) is 0 Å². The highest BCUT2D eigenvalue weighted by molar-refractivity contribution is 8.05. The van der Waals surface area contributed by atoms with E-state index in [9.17, 15) is 0 Å². The summed E-state index contributed by atoms with van der Waals surface area (Å²) < 4.78 is 0. The lowest BCUT2D eigenvalue weighted by molar-refractivity contribution is 1.16. The molecule has 21 heavy (non-hydrogen) atoms. The first-order valence-corrected chi connectivity index (χ1v) is 8.38. The molecule has 1 aliphatic rings. The topological polar surface area (TPSA) is 26.0 Å². The van der Waals surface area contributed by atoms with Gasteiger partial charge in [0.15, 0.2) is 0 Å². The maximum atomic E-state index is 5.80. The lowest BCUT2D eigenvalue weighted by atomic mass is 10.1. The first-order chi connectivity index (χ1) is 10.3. The first-order valence-electron chi connectivity index (χ1n) is 6.75. The molecule has 0 aliphatic carbocycles. The summed E-state index contributed by atoms with van der Waals surface area (Å²) in [6.07, 6.45) is 0. The van der Waals surface area contributed by atoms with Gasteiger partial charge < -0.3 is 5.73 Å². The van der Waals surface area contributed by atoms with E-state index in [1.54, 1.807) is 0 Å². The largest absolute Gasteiger partial charge is 0.399 e. The second kappa shape index (κ2) is 5.17. The van der Waals surface area contributed by atoms with Gasteiger partial charge in [-0.15, -0.1) is 0 Å². The Balaban J connectivity index is 1.84. The average molecular weight is 307 g/mol. The zero-order valence-corrected chi connectivity index (χ0v) is 12.9.